The molecule has 0 aliphatic carbocycles. The Labute approximate surface area is 165 Å². The lowest BCUT2D eigenvalue weighted by atomic mass is 10.2. The fourth-order valence-corrected chi connectivity index (χ4v) is 4.15. The van der Waals surface area contributed by atoms with E-state index in [0.29, 0.717) is 10.9 Å². The summed E-state index contributed by atoms with van der Waals surface area (Å²) in [6, 6.07) is 11.7. The highest BCUT2D eigenvalue weighted by atomic mass is 32.2. The lowest BCUT2D eigenvalue weighted by molar-refractivity contribution is 0.400. The summed E-state index contributed by atoms with van der Waals surface area (Å²) in [6.07, 6.45) is 3.46. The number of sulfonamides is 1. The van der Waals surface area contributed by atoms with Crippen LogP contribution in [0.4, 0.5) is 16.6 Å². The molecule has 4 rings (SSSR count). The number of hydrogen-bond acceptors (Lipinski definition) is 8. The van der Waals surface area contributed by atoms with E-state index < -0.39 is 10.0 Å². The van der Waals surface area contributed by atoms with Crippen LogP contribution in [0.5, 0.6) is 0 Å². The maximum atomic E-state index is 12.4. The second kappa shape index (κ2) is 7.41. The minimum Gasteiger partial charge on any atom is -0.360 e. The molecule has 0 unspecified atom stereocenters. The van der Waals surface area contributed by atoms with Crippen molar-refractivity contribution < 1.29 is 12.9 Å². The Morgan fingerprint density at radius 1 is 1.14 bits per heavy atom. The van der Waals surface area contributed by atoms with Crippen molar-refractivity contribution in [1.29, 1.82) is 0 Å². The van der Waals surface area contributed by atoms with Crippen molar-refractivity contribution in [2.75, 3.05) is 10.0 Å². The first-order chi connectivity index (χ1) is 13.5. The Balaban J connectivity index is 1.47. The van der Waals surface area contributed by atoms with E-state index in [1.165, 1.54) is 29.5 Å². The van der Waals surface area contributed by atoms with Gasteiger partial charge in [-0.3, -0.25) is 9.71 Å². The Kier molecular flexibility index (Phi) is 4.80. The Morgan fingerprint density at radius 3 is 2.64 bits per heavy atom. The smallest absolute Gasteiger partial charge is 0.263 e. The summed E-state index contributed by atoms with van der Waals surface area (Å²) in [6.45, 7) is 1.68. The molecule has 0 radical (unpaired) electrons. The lowest BCUT2D eigenvalue weighted by Crippen LogP contribution is -2.13. The standard InChI is InChI=1S/C18H15N5O3S2/c1-12-9-17(22-26-12)23-28(24,25)15-6-4-14(5-7-15)20-18-21-16(11-27-18)13-3-2-8-19-10-13/h2-11H,1H3,(H,20,21)(H,22,23). The number of nitrogens with one attached hydrogen (secondary N) is 2. The first-order valence-corrected chi connectivity index (χ1v) is 10.5. The topological polar surface area (TPSA) is 110 Å². The molecule has 0 aliphatic heterocycles. The molecule has 3 aromatic heterocycles. The molecule has 1 aromatic carbocycles. The molecule has 2 N–H and O–H groups in total. The van der Waals surface area contributed by atoms with Crippen molar-refractivity contribution in [2.24, 2.45) is 0 Å². The van der Waals surface area contributed by atoms with Gasteiger partial charge in [0.15, 0.2) is 10.9 Å². The van der Waals surface area contributed by atoms with Gasteiger partial charge in [-0.2, -0.15) is 0 Å². The van der Waals surface area contributed by atoms with Gasteiger partial charge in [-0.05, 0) is 43.3 Å². The van der Waals surface area contributed by atoms with Gasteiger partial charge in [0.25, 0.3) is 10.0 Å². The summed E-state index contributed by atoms with van der Waals surface area (Å²) in [4.78, 5) is 8.73. The van der Waals surface area contributed by atoms with Crippen LogP contribution >= 0.6 is 11.3 Å². The number of pyridine rings is 1. The molecule has 0 bridgehead atoms. The zero-order valence-electron chi connectivity index (χ0n) is 14.7. The summed E-state index contributed by atoms with van der Waals surface area (Å²) in [5.41, 5.74) is 2.48. The SMILES string of the molecule is Cc1cc(NS(=O)(=O)c2ccc(Nc3nc(-c4cccnc4)cs3)cc2)no1. The molecule has 0 saturated carbocycles. The van der Waals surface area contributed by atoms with Gasteiger partial charge >= 0.3 is 0 Å². The van der Waals surface area contributed by atoms with Gasteiger partial charge in [-0.1, -0.05) is 5.16 Å². The molecule has 0 saturated heterocycles. The zero-order valence-corrected chi connectivity index (χ0v) is 16.3. The van der Waals surface area contributed by atoms with Crippen molar-refractivity contribution in [3.8, 4) is 11.3 Å². The van der Waals surface area contributed by atoms with E-state index in [1.807, 2.05) is 17.5 Å². The number of nitrogens with zero attached hydrogens (tertiary/aromatic N) is 3. The zero-order chi connectivity index (χ0) is 19.6. The Morgan fingerprint density at radius 2 is 1.96 bits per heavy atom. The van der Waals surface area contributed by atoms with Gasteiger partial charge in [0.1, 0.15) is 5.76 Å². The first-order valence-electron chi connectivity index (χ1n) is 8.19. The molecule has 10 heteroatoms. The van der Waals surface area contributed by atoms with E-state index in [2.05, 4.69) is 25.2 Å². The van der Waals surface area contributed by atoms with E-state index >= 15 is 0 Å². The van der Waals surface area contributed by atoms with Crippen LogP contribution in [0.15, 0.2) is 69.7 Å². The predicted molar refractivity (Wildman–Crippen MR) is 107 cm³/mol. The summed E-state index contributed by atoms with van der Waals surface area (Å²) in [5.74, 6) is 0.664. The van der Waals surface area contributed by atoms with Crippen LogP contribution in [0.1, 0.15) is 5.76 Å². The number of hydrogen-bond donors (Lipinski definition) is 2. The van der Waals surface area contributed by atoms with E-state index in [-0.39, 0.29) is 10.7 Å². The second-order valence-electron chi connectivity index (χ2n) is 5.86. The quantitative estimate of drug-likeness (QED) is 0.491. The van der Waals surface area contributed by atoms with Gasteiger partial charge in [0, 0.05) is 35.1 Å². The molecule has 0 atom stereocenters. The number of aryl methyl sites for hydroxylation is 1. The van der Waals surface area contributed by atoms with Crippen LogP contribution in [-0.2, 0) is 10.0 Å². The second-order valence-corrected chi connectivity index (χ2v) is 8.40. The molecule has 0 fully saturated rings. The van der Waals surface area contributed by atoms with E-state index in [9.17, 15) is 8.42 Å². The average Bonchev–Trinajstić information content (AvgIpc) is 3.31. The van der Waals surface area contributed by atoms with Crippen LogP contribution in [0.25, 0.3) is 11.3 Å². The van der Waals surface area contributed by atoms with Crippen LogP contribution in [0.3, 0.4) is 0 Å². The van der Waals surface area contributed by atoms with E-state index in [0.717, 1.165) is 16.9 Å². The highest BCUT2D eigenvalue weighted by Gasteiger charge is 2.16. The van der Waals surface area contributed by atoms with Crippen LogP contribution in [-0.4, -0.2) is 23.5 Å². The van der Waals surface area contributed by atoms with Crippen LogP contribution in [0.2, 0.25) is 0 Å². The number of anilines is 3. The third-order valence-corrected chi connectivity index (χ3v) is 5.87. The van der Waals surface area contributed by atoms with Crippen LogP contribution < -0.4 is 10.0 Å². The number of thiazole rings is 1. The maximum absolute atomic E-state index is 12.4. The number of aromatic nitrogens is 3. The first kappa shape index (κ1) is 18.1. The van der Waals surface area contributed by atoms with Crippen molar-refractivity contribution >= 4 is 38.0 Å². The third-order valence-electron chi connectivity index (χ3n) is 3.74. The van der Waals surface area contributed by atoms with Gasteiger partial charge < -0.3 is 9.84 Å². The minimum atomic E-state index is -3.74. The highest BCUT2D eigenvalue weighted by Crippen LogP contribution is 2.27. The lowest BCUT2D eigenvalue weighted by Gasteiger charge is -2.07. The molecule has 8 nitrogen and oxygen atoms in total. The Bertz CT molecular complexity index is 1190. The maximum Gasteiger partial charge on any atom is 0.263 e. The van der Waals surface area contributed by atoms with E-state index in [1.54, 1.807) is 31.5 Å². The fourth-order valence-electron chi connectivity index (χ4n) is 2.43. The molecule has 0 aliphatic rings. The molecular weight excluding hydrogens is 398 g/mol. The van der Waals surface area contributed by atoms with Gasteiger partial charge in [-0.15, -0.1) is 11.3 Å². The van der Waals surface area contributed by atoms with Crippen molar-refractivity contribution in [1.82, 2.24) is 15.1 Å². The van der Waals surface area contributed by atoms with Crippen molar-refractivity contribution in [3.05, 3.63) is 66.0 Å². The summed E-state index contributed by atoms with van der Waals surface area (Å²) in [5, 5.41) is 9.44. The highest BCUT2D eigenvalue weighted by molar-refractivity contribution is 7.92. The number of benzene rings is 1. The molecule has 142 valence electrons. The Hall–Kier alpha value is -3.24. The number of rotatable bonds is 6. The summed E-state index contributed by atoms with van der Waals surface area (Å²) in [7, 11) is -3.74. The van der Waals surface area contributed by atoms with Gasteiger partial charge in [-0.25, -0.2) is 13.4 Å². The third kappa shape index (κ3) is 4.02. The summed E-state index contributed by atoms with van der Waals surface area (Å²) >= 11 is 1.45. The molecule has 4 aromatic rings. The molecule has 0 spiro atoms. The predicted octanol–water partition coefficient (Wildman–Crippen LogP) is 4.05. The normalized spacial score (nSPS) is 11.3. The fraction of sp³-hybridized carbons (Fsp3) is 0.0556. The van der Waals surface area contributed by atoms with Crippen molar-refractivity contribution in [2.45, 2.75) is 11.8 Å². The van der Waals surface area contributed by atoms with Crippen LogP contribution in [0, 0.1) is 6.92 Å². The molecule has 0 amide bonds. The van der Waals surface area contributed by atoms with Gasteiger partial charge in [0.2, 0.25) is 0 Å². The van der Waals surface area contributed by atoms with Crippen molar-refractivity contribution in [3.63, 3.8) is 0 Å². The molecule has 3 heterocycles. The minimum absolute atomic E-state index is 0.119. The molecule has 28 heavy (non-hydrogen) atoms. The summed E-state index contributed by atoms with van der Waals surface area (Å²) < 4.78 is 32.1. The largest absolute Gasteiger partial charge is 0.360 e. The monoisotopic (exact) mass is 413 g/mol. The van der Waals surface area contributed by atoms with E-state index in [4.69, 9.17) is 4.52 Å². The van der Waals surface area contributed by atoms with Gasteiger partial charge in [0.05, 0.1) is 10.6 Å². The average molecular weight is 413 g/mol. The molecular formula is C18H15N5O3S2.